The number of carbonyl (C=O) groups is 2. The van der Waals surface area contributed by atoms with Gasteiger partial charge in [0.05, 0.1) is 11.5 Å². The van der Waals surface area contributed by atoms with Gasteiger partial charge in [-0.2, -0.15) is 0 Å². The minimum absolute atomic E-state index is 0.0947. The highest BCUT2D eigenvalue weighted by Gasteiger charge is 2.31. The van der Waals surface area contributed by atoms with E-state index >= 15 is 0 Å². The average molecular weight is 335 g/mol. The quantitative estimate of drug-likeness (QED) is 0.454. The van der Waals surface area contributed by atoms with Crippen LogP contribution in [0.2, 0.25) is 0 Å². The van der Waals surface area contributed by atoms with Crippen molar-refractivity contribution in [1.29, 1.82) is 0 Å². The molecule has 0 N–H and O–H groups in total. The van der Waals surface area contributed by atoms with E-state index in [0.717, 1.165) is 5.56 Å². The number of rotatable bonds is 6. The second-order valence-corrected chi connectivity index (χ2v) is 6.33. The number of carbonyl (C=O) groups excluding carboxylic acids is 2. The van der Waals surface area contributed by atoms with Gasteiger partial charge < -0.3 is 4.74 Å². The molecule has 6 heteroatoms. The summed E-state index contributed by atoms with van der Waals surface area (Å²) in [6, 6.07) is 9.65. The summed E-state index contributed by atoms with van der Waals surface area (Å²) in [6.07, 6.45) is 2.68. The topological polar surface area (TPSA) is 46.6 Å². The van der Waals surface area contributed by atoms with Crippen molar-refractivity contribution in [3.05, 3.63) is 40.8 Å². The summed E-state index contributed by atoms with van der Waals surface area (Å²) in [4.78, 5) is 25.8. The molecule has 1 amide bonds. The van der Waals surface area contributed by atoms with Gasteiger partial charge in [-0.25, -0.2) is 0 Å². The fraction of sp³-hybridized carbons (Fsp3) is 0.312. The molecule has 0 spiro atoms. The number of hydrogen-bond donors (Lipinski definition) is 0. The summed E-state index contributed by atoms with van der Waals surface area (Å²) in [5.74, 6) is -0.338. The molecule has 1 aliphatic rings. The Hall–Kier alpha value is -1.66. The van der Waals surface area contributed by atoms with Gasteiger partial charge in [0.1, 0.15) is 4.32 Å². The summed E-state index contributed by atoms with van der Waals surface area (Å²) in [6.45, 7) is 2.59. The molecular weight excluding hydrogens is 318 g/mol. The van der Waals surface area contributed by atoms with Gasteiger partial charge >= 0.3 is 5.97 Å². The molecule has 4 nitrogen and oxygen atoms in total. The van der Waals surface area contributed by atoms with Gasteiger partial charge in [-0.3, -0.25) is 14.5 Å². The molecule has 1 aliphatic heterocycles. The number of ether oxygens (including phenoxy) is 1. The van der Waals surface area contributed by atoms with E-state index in [-0.39, 0.29) is 11.9 Å². The fourth-order valence-corrected chi connectivity index (χ4v) is 3.32. The second kappa shape index (κ2) is 8.10. The summed E-state index contributed by atoms with van der Waals surface area (Å²) < 4.78 is 5.41. The first-order chi connectivity index (χ1) is 10.6. The zero-order chi connectivity index (χ0) is 15.9. The van der Waals surface area contributed by atoms with Crippen molar-refractivity contribution >= 4 is 46.3 Å². The average Bonchev–Trinajstić information content (AvgIpc) is 2.76. The maximum Gasteiger partial charge on any atom is 0.305 e. The number of esters is 1. The Morgan fingerprint density at radius 3 is 2.77 bits per heavy atom. The Morgan fingerprint density at radius 2 is 2.09 bits per heavy atom. The van der Waals surface area contributed by atoms with Gasteiger partial charge in [0.15, 0.2) is 0 Å². The lowest BCUT2D eigenvalue weighted by Gasteiger charge is -2.13. The third-order valence-corrected chi connectivity index (χ3v) is 4.42. The van der Waals surface area contributed by atoms with Crippen LogP contribution in [0.3, 0.4) is 0 Å². The first kappa shape index (κ1) is 16.7. The highest BCUT2D eigenvalue weighted by atomic mass is 32.2. The highest BCUT2D eigenvalue weighted by Crippen LogP contribution is 2.32. The number of hydrogen-bond acceptors (Lipinski definition) is 5. The molecule has 0 aromatic heterocycles. The Labute approximate surface area is 139 Å². The molecule has 0 atom stereocenters. The highest BCUT2D eigenvalue weighted by molar-refractivity contribution is 8.26. The van der Waals surface area contributed by atoms with E-state index in [9.17, 15) is 9.59 Å². The molecule has 0 saturated carbocycles. The normalized spacial score (nSPS) is 16.4. The van der Waals surface area contributed by atoms with Gasteiger partial charge in [0, 0.05) is 13.0 Å². The lowest BCUT2D eigenvalue weighted by Crippen LogP contribution is -2.29. The summed E-state index contributed by atoms with van der Waals surface area (Å²) in [5, 5.41) is 0. The lowest BCUT2D eigenvalue weighted by molar-refractivity contribution is -0.143. The van der Waals surface area contributed by atoms with E-state index < -0.39 is 0 Å². The van der Waals surface area contributed by atoms with Crippen LogP contribution >= 0.6 is 24.0 Å². The van der Waals surface area contributed by atoms with Crippen LogP contribution in [0.4, 0.5) is 0 Å². The largest absolute Gasteiger partial charge is 0.466 e. The summed E-state index contributed by atoms with van der Waals surface area (Å²) in [5.41, 5.74) is 0.967. The number of thioether (sulfide) groups is 1. The maximum atomic E-state index is 12.4. The van der Waals surface area contributed by atoms with E-state index in [4.69, 9.17) is 17.0 Å². The monoisotopic (exact) mass is 335 g/mol. The van der Waals surface area contributed by atoms with Crippen molar-refractivity contribution in [3.8, 4) is 0 Å². The molecule has 1 fully saturated rings. The molecule has 0 unspecified atom stereocenters. The third kappa shape index (κ3) is 4.42. The minimum Gasteiger partial charge on any atom is -0.466 e. The van der Waals surface area contributed by atoms with E-state index in [0.29, 0.717) is 35.2 Å². The van der Waals surface area contributed by atoms with Gasteiger partial charge in [-0.05, 0) is 25.0 Å². The Bertz CT molecular complexity index is 599. The predicted molar refractivity (Wildman–Crippen MR) is 92.2 cm³/mol. The van der Waals surface area contributed by atoms with Crippen LogP contribution in [0.5, 0.6) is 0 Å². The first-order valence-corrected chi connectivity index (χ1v) is 8.30. The molecule has 2 rings (SSSR count). The van der Waals surface area contributed by atoms with Crippen molar-refractivity contribution in [3.63, 3.8) is 0 Å². The fourth-order valence-electron chi connectivity index (χ4n) is 2.01. The Kier molecular flexibility index (Phi) is 6.15. The van der Waals surface area contributed by atoms with Crippen LogP contribution in [0.1, 0.15) is 25.3 Å². The zero-order valence-corrected chi connectivity index (χ0v) is 13.9. The Morgan fingerprint density at radius 1 is 1.36 bits per heavy atom. The van der Waals surface area contributed by atoms with E-state index in [1.807, 2.05) is 36.4 Å². The van der Waals surface area contributed by atoms with E-state index in [2.05, 4.69) is 0 Å². The summed E-state index contributed by atoms with van der Waals surface area (Å²) in [7, 11) is 0. The van der Waals surface area contributed by atoms with E-state index in [1.54, 1.807) is 11.8 Å². The molecule has 1 aromatic rings. The standard InChI is InChI=1S/C16H17NO3S2/c1-2-20-14(18)9-6-10-17-15(19)13(22-16(17)21)11-12-7-4-3-5-8-12/h3-5,7-8,11H,2,6,9-10H2,1H3. The zero-order valence-electron chi connectivity index (χ0n) is 12.3. The van der Waals surface area contributed by atoms with Crippen molar-refractivity contribution in [1.82, 2.24) is 4.90 Å². The van der Waals surface area contributed by atoms with Crippen LogP contribution < -0.4 is 0 Å². The van der Waals surface area contributed by atoms with Crippen LogP contribution in [0.25, 0.3) is 6.08 Å². The molecule has 0 aliphatic carbocycles. The van der Waals surface area contributed by atoms with Crippen molar-refractivity contribution in [2.45, 2.75) is 19.8 Å². The predicted octanol–water partition coefficient (Wildman–Crippen LogP) is 3.23. The molecule has 1 aromatic carbocycles. The van der Waals surface area contributed by atoms with Crippen LogP contribution in [-0.4, -0.2) is 34.2 Å². The summed E-state index contributed by atoms with van der Waals surface area (Å²) >= 11 is 6.55. The number of amides is 1. The van der Waals surface area contributed by atoms with Crippen LogP contribution in [-0.2, 0) is 14.3 Å². The van der Waals surface area contributed by atoms with Gasteiger partial charge in [0.2, 0.25) is 0 Å². The molecule has 0 bridgehead atoms. The molecule has 22 heavy (non-hydrogen) atoms. The molecule has 116 valence electrons. The van der Waals surface area contributed by atoms with E-state index in [1.165, 1.54) is 11.8 Å². The van der Waals surface area contributed by atoms with Crippen LogP contribution in [0.15, 0.2) is 35.2 Å². The number of benzene rings is 1. The number of thiocarbonyl (C=S) groups is 1. The Balaban J connectivity index is 1.94. The molecular formula is C16H17NO3S2. The lowest BCUT2D eigenvalue weighted by atomic mass is 10.2. The SMILES string of the molecule is CCOC(=O)CCCN1C(=O)C(=Cc2ccccc2)SC1=S. The molecule has 1 heterocycles. The van der Waals surface area contributed by atoms with Crippen molar-refractivity contribution in [2.24, 2.45) is 0 Å². The first-order valence-electron chi connectivity index (χ1n) is 7.08. The van der Waals surface area contributed by atoms with Gasteiger partial charge in [0.25, 0.3) is 5.91 Å². The second-order valence-electron chi connectivity index (χ2n) is 4.65. The van der Waals surface area contributed by atoms with Crippen molar-refractivity contribution in [2.75, 3.05) is 13.2 Å². The third-order valence-electron chi connectivity index (χ3n) is 3.04. The van der Waals surface area contributed by atoms with Crippen LogP contribution in [0, 0.1) is 0 Å². The van der Waals surface area contributed by atoms with Gasteiger partial charge in [-0.1, -0.05) is 54.3 Å². The maximum absolute atomic E-state index is 12.4. The molecule has 0 radical (unpaired) electrons. The molecule has 1 saturated heterocycles. The smallest absolute Gasteiger partial charge is 0.305 e. The van der Waals surface area contributed by atoms with Gasteiger partial charge in [-0.15, -0.1) is 0 Å². The van der Waals surface area contributed by atoms with Crippen molar-refractivity contribution < 1.29 is 14.3 Å². The number of nitrogens with zero attached hydrogens (tertiary/aromatic N) is 1. The minimum atomic E-state index is -0.243.